The number of hydrogen-bond acceptors (Lipinski definition) is 2. The van der Waals surface area contributed by atoms with E-state index >= 15 is 0 Å². The predicted octanol–water partition coefficient (Wildman–Crippen LogP) is 6.48. The highest BCUT2D eigenvalue weighted by Crippen LogP contribution is 2.43. The zero-order chi connectivity index (χ0) is 21.4. The second-order valence-corrected chi connectivity index (χ2v) is 9.45. The highest BCUT2D eigenvalue weighted by molar-refractivity contribution is 7.80. The SMILES string of the molecule is S=C1N[C@@H](c2ccccn2)[C@@H](c2cccn2-c2ccc(Cl)cc2Cl)N1C1CCCCC1. The fourth-order valence-electron chi connectivity index (χ4n) is 4.97. The van der Waals surface area contributed by atoms with Gasteiger partial charge in [-0.25, -0.2) is 0 Å². The molecule has 1 saturated heterocycles. The Balaban J connectivity index is 1.62. The van der Waals surface area contributed by atoms with Gasteiger partial charge in [0, 0.05) is 29.2 Å². The summed E-state index contributed by atoms with van der Waals surface area (Å²) in [6, 6.07) is 16.3. The molecule has 4 nitrogen and oxygen atoms in total. The number of hydrogen-bond donors (Lipinski definition) is 1. The van der Waals surface area contributed by atoms with Gasteiger partial charge < -0.3 is 14.8 Å². The Morgan fingerprint density at radius 3 is 2.58 bits per heavy atom. The van der Waals surface area contributed by atoms with Crippen LogP contribution in [-0.4, -0.2) is 25.6 Å². The molecule has 0 spiro atoms. The molecule has 1 aliphatic carbocycles. The zero-order valence-electron chi connectivity index (χ0n) is 17.0. The van der Waals surface area contributed by atoms with Crippen LogP contribution >= 0.6 is 35.4 Å². The number of pyridine rings is 1. The number of nitrogens with zero attached hydrogens (tertiary/aromatic N) is 3. The summed E-state index contributed by atoms with van der Waals surface area (Å²) in [4.78, 5) is 7.09. The average Bonchev–Trinajstić information content (AvgIpc) is 3.39. The lowest BCUT2D eigenvalue weighted by molar-refractivity contribution is 0.193. The summed E-state index contributed by atoms with van der Waals surface area (Å²) in [5.74, 6) is 0. The third kappa shape index (κ3) is 3.95. The number of thiocarbonyl (C=S) groups is 1. The van der Waals surface area contributed by atoms with Gasteiger partial charge in [0.1, 0.15) is 0 Å². The van der Waals surface area contributed by atoms with Gasteiger partial charge >= 0.3 is 0 Å². The average molecular weight is 471 g/mol. The highest BCUT2D eigenvalue weighted by Gasteiger charge is 2.44. The molecule has 1 N–H and O–H groups in total. The Hall–Kier alpha value is -2.08. The standard InChI is InChI=1S/C24H24Cl2N4S/c25-16-11-12-20(18(26)15-16)29-14-6-10-21(29)23-22(19-9-4-5-13-27-19)28-24(31)30(23)17-7-2-1-3-8-17/h4-6,9-15,17,22-23H,1-3,7-8H2,(H,28,31)/t22-,23+/m0/s1. The molecule has 2 fully saturated rings. The third-order valence-corrected chi connectivity index (χ3v) is 7.22. The Kier molecular flexibility index (Phi) is 5.91. The van der Waals surface area contributed by atoms with Gasteiger partial charge in [0.2, 0.25) is 0 Å². The van der Waals surface area contributed by atoms with Gasteiger partial charge in [0.25, 0.3) is 0 Å². The van der Waals surface area contributed by atoms with Crippen molar-refractivity contribution in [3.05, 3.63) is 82.4 Å². The van der Waals surface area contributed by atoms with Crippen LogP contribution in [0, 0.1) is 0 Å². The van der Waals surface area contributed by atoms with Crippen molar-refractivity contribution >= 4 is 40.5 Å². The Bertz CT molecular complexity index is 1080. The molecule has 7 heteroatoms. The molecule has 2 aliphatic rings. The van der Waals surface area contributed by atoms with Crippen LogP contribution in [-0.2, 0) is 0 Å². The van der Waals surface area contributed by atoms with Crippen LogP contribution in [0.5, 0.6) is 0 Å². The summed E-state index contributed by atoms with van der Waals surface area (Å²) < 4.78 is 2.16. The van der Waals surface area contributed by atoms with Crippen molar-refractivity contribution in [3.8, 4) is 5.69 Å². The number of benzene rings is 1. The van der Waals surface area contributed by atoms with E-state index in [2.05, 4.69) is 44.2 Å². The fraction of sp³-hybridized carbons (Fsp3) is 0.333. The summed E-state index contributed by atoms with van der Waals surface area (Å²) in [5, 5.41) is 5.64. The van der Waals surface area contributed by atoms with Crippen molar-refractivity contribution in [1.82, 2.24) is 19.8 Å². The van der Waals surface area contributed by atoms with Gasteiger partial charge in [-0.2, -0.15) is 0 Å². The van der Waals surface area contributed by atoms with Gasteiger partial charge in [-0.05, 0) is 67.5 Å². The molecule has 2 aromatic heterocycles. The second kappa shape index (κ2) is 8.81. The molecule has 0 unspecified atom stereocenters. The van der Waals surface area contributed by atoms with Gasteiger partial charge in [0.05, 0.1) is 28.5 Å². The molecule has 0 amide bonds. The molecule has 5 rings (SSSR count). The first kappa shape index (κ1) is 20.8. The van der Waals surface area contributed by atoms with Crippen molar-refractivity contribution in [2.75, 3.05) is 0 Å². The lowest BCUT2D eigenvalue weighted by Crippen LogP contribution is -2.40. The summed E-state index contributed by atoms with van der Waals surface area (Å²) in [7, 11) is 0. The van der Waals surface area contributed by atoms with Gasteiger partial charge in [0.15, 0.2) is 5.11 Å². The van der Waals surface area contributed by atoms with Crippen LogP contribution in [0.3, 0.4) is 0 Å². The lowest BCUT2D eigenvalue weighted by atomic mass is 9.92. The summed E-state index contributed by atoms with van der Waals surface area (Å²) in [5.41, 5.74) is 3.04. The zero-order valence-corrected chi connectivity index (χ0v) is 19.4. The van der Waals surface area contributed by atoms with E-state index in [1.54, 1.807) is 6.07 Å². The van der Waals surface area contributed by atoms with E-state index in [0.717, 1.165) is 35.0 Å². The van der Waals surface area contributed by atoms with Crippen LogP contribution in [0.1, 0.15) is 55.6 Å². The minimum atomic E-state index is -0.0321. The minimum Gasteiger partial charge on any atom is -0.352 e. The molecular weight excluding hydrogens is 447 g/mol. The maximum absolute atomic E-state index is 6.59. The Morgan fingerprint density at radius 1 is 1.00 bits per heavy atom. The van der Waals surface area contributed by atoms with E-state index in [1.807, 2.05) is 30.5 Å². The van der Waals surface area contributed by atoms with Crippen molar-refractivity contribution in [2.45, 2.75) is 50.2 Å². The van der Waals surface area contributed by atoms with E-state index in [0.29, 0.717) is 16.1 Å². The van der Waals surface area contributed by atoms with Crippen LogP contribution in [0.15, 0.2) is 60.9 Å². The normalized spacial score (nSPS) is 22.0. The Morgan fingerprint density at radius 2 is 1.84 bits per heavy atom. The number of aromatic nitrogens is 2. The second-order valence-electron chi connectivity index (χ2n) is 8.22. The molecule has 0 bridgehead atoms. The fourth-order valence-corrected chi connectivity index (χ4v) is 5.85. The van der Waals surface area contributed by atoms with Gasteiger partial charge in [-0.1, -0.05) is 48.5 Å². The predicted molar refractivity (Wildman–Crippen MR) is 130 cm³/mol. The smallest absolute Gasteiger partial charge is 0.170 e. The van der Waals surface area contributed by atoms with Crippen LogP contribution in [0.2, 0.25) is 10.0 Å². The molecule has 1 aromatic carbocycles. The molecule has 0 radical (unpaired) electrons. The first-order valence-corrected chi connectivity index (χ1v) is 11.9. The molecule has 31 heavy (non-hydrogen) atoms. The van der Waals surface area contributed by atoms with Crippen LogP contribution in [0.4, 0.5) is 0 Å². The highest BCUT2D eigenvalue weighted by atomic mass is 35.5. The van der Waals surface area contributed by atoms with E-state index in [1.165, 1.54) is 19.3 Å². The third-order valence-electron chi connectivity index (χ3n) is 6.36. The largest absolute Gasteiger partial charge is 0.352 e. The van der Waals surface area contributed by atoms with Crippen LogP contribution in [0.25, 0.3) is 5.69 Å². The quantitative estimate of drug-likeness (QED) is 0.442. The van der Waals surface area contributed by atoms with E-state index in [-0.39, 0.29) is 12.1 Å². The topological polar surface area (TPSA) is 33.1 Å². The number of rotatable bonds is 4. The first-order chi connectivity index (χ1) is 15.1. The van der Waals surface area contributed by atoms with E-state index in [9.17, 15) is 0 Å². The summed E-state index contributed by atoms with van der Waals surface area (Å²) in [6.45, 7) is 0. The van der Waals surface area contributed by atoms with Crippen molar-refractivity contribution in [1.29, 1.82) is 0 Å². The maximum Gasteiger partial charge on any atom is 0.170 e. The minimum absolute atomic E-state index is 0.0206. The van der Waals surface area contributed by atoms with E-state index < -0.39 is 0 Å². The first-order valence-electron chi connectivity index (χ1n) is 10.8. The van der Waals surface area contributed by atoms with Gasteiger partial charge in [-0.3, -0.25) is 4.98 Å². The van der Waals surface area contributed by atoms with Crippen molar-refractivity contribution < 1.29 is 0 Å². The molecule has 1 aliphatic heterocycles. The van der Waals surface area contributed by atoms with Crippen LogP contribution < -0.4 is 5.32 Å². The molecular formula is C24H24Cl2N4S. The molecule has 160 valence electrons. The van der Waals surface area contributed by atoms with Crippen molar-refractivity contribution in [2.24, 2.45) is 0 Å². The van der Waals surface area contributed by atoms with E-state index in [4.69, 9.17) is 35.4 Å². The molecule has 3 aromatic rings. The number of nitrogens with one attached hydrogen (secondary N) is 1. The van der Waals surface area contributed by atoms with Gasteiger partial charge in [-0.15, -0.1) is 0 Å². The monoisotopic (exact) mass is 470 g/mol. The van der Waals surface area contributed by atoms with Crippen molar-refractivity contribution in [3.63, 3.8) is 0 Å². The molecule has 3 heterocycles. The molecule has 2 atom stereocenters. The Labute approximate surface area is 198 Å². The number of halogens is 2. The molecule has 1 saturated carbocycles. The summed E-state index contributed by atoms with van der Waals surface area (Å²) in [6.07, 6.45) is 10.0. The summed E-state index contributed by atoms with van der Waals surface area (Å²) >= 11 is 18.6. The maximum atomic E-state index is 6.59. The lowest BCUT2D eigenvalue weighted by Gasteiger charge is -2.37.